The minimum Gasteiger partial charge on any atom is -0.497 e. The molecule has 0 fully saturated rings. The average Bonchev–Trinajstić information content (AvgIpc) is 2.25. The Labute approximate surface area is 85.3 Å². The number of hydrogen-bond acceptors (Lipinski definition) is 2. The Morgan fingerprint density at radius 3 is 3.07 bits per heavy atom. The van der Waals surface area contributed by atoms with Crippen LogP contribution in [0.2, 0.25) is 0 Å². The van der Waals surface area contributed by atoms with E-state index in [2.05, 4.69) is 17.3 Å². The Balaban J connectivity index is 2.39. The summed E-state index contributed by atoms with van der Waals surface area (Å²) in [5.41, 5.74) is 1.21. The van der Waals surface area contributed by atoms with Crippen molar-refractivity contribution in [1.29, 1.82) is 0 Å². The van der Waals surface area contributed by atoms with E-state index in [-0.39, 0.29) is 0 Å². The maximum atomic E-state index is 5.14. The van der Waals surface area contributed by atoms with E-state index in [1.54, 1.807) is 7.11 Å². The van der Waals surface area contributed by atoms with Crippen LogP contribution in [0.15, 0.2) is 24.3 Å². The summed E-state index contributed by atoms with van der Waals surface area (Å²) in [6.45, 7) is 1.69. The third-order valence-corrected chi connectivity index (χ3v) is 1.91. The van der Waals surface area contributed by atoms with Gasteiger partial charge < -0.3 is 10.1 Å². The molecule has 0 atom stereocenters. The molecule has 0 amide bonds. The summed E-state index contributed by atoms with van der Waals surface area (Å²) in [6.07, 6.45) is 5.91. The van der Waals surface area contributed by atoms with Gasteiger partial charge in [-0.2, -0.15) is 0 Å². The normalized spacial score (nSPS) is 9.43. The van der Waals surface area contributed by atoms with Crippen molar-refractivity contribution in [3.8, 4) is 18.1 Å². The number of benzene rings is 1. The summed E-state index contributed by atoms with van der Waals surface area (Å²) in [4.78, 5) is 0. The van der Waals surface area contributed by atoms with Crippen molar-refractivity contribution in [1.82, 2.24) is 5.32 Å². The van der Waals surface area contributed by atoms with Crippen molar-refractivity contribution in [3.63, 3.8) is 0 Å². The van der Waals surface area contributed by atoms with Gasteiger partial charge in [0, 0.05) is 19.5 Å². The number of methoxy groups -OCH3 is 1. The molecule has 0 saturated heterocycles. The zero-order valence-corrected chi connectivity index (χ0v) is 8.42. The van der Waals surface area contributed by atoms with Gasteiger partial charge in [0.2, 0.25) is 0 Å². The first kappa shape index (κ1) is 10.6. The number of ether oxygens (including phenoxy) is 1. The SMILES string of the molecule is C#CCCNCc1cccc(OC)c1. The second-order valence-corrected chi connectivity index (χ2v) is 2.98. The van der Waals surface area contributed by atoms with E-state index in [4.69, 9.17) is 11.2 Å². The zero-order chi connectivity index (χ0) is 10.2. The minimum absolute atomic E-state index is 0.768. The first-order chi connectivity index (χ1) is 6.86. The van der Waals surface area contributed by atoms with Gasteiger partial charge in [0.15, 0.2) is 0 Å². The lowest BCUT2D eigenvalue weighted by Gasteiger charge is -2.04. The number of terminal acetylenes is 1. The molecular formula is C12H15NO. The van der Waals surface area contributed by atoms with Gasteiger partial charge in [-0.15, -0.1) is 12.3 Å². The third kappa shape index (κ3) is 3.51. The van der Waals surface area contributed by atoms with Crippen molar-refractivity contribution in [2.45, 2.75) is 13.0 Å². The molecule has 2 heteroatoms. The Bertz CT molecular complexity index is 314. The molecule has 0 aliphatic rings. The highest BCUT2D eigenvalue weighted by molar-refractivity contribution is 5.28. The maximum absolute atomic E-state index is 5.14. The average molecular weight is 189 g/mol. The molecule has 0 aliphatic heterocycles. The molecule has 1 aromatic carbocycles. The first-order valence-electron chi connectivity index (χ1n) is 4.64. The van der Waals surface area contributed by atoms with Crippen LogP contribution in [0.1, 0.15) is 12.0 Å². The molecular weight excluding hydrogens is 174 g/mol. The fourth-order valence-electron chi connectivity index (χ4n) is 1.18. The van der Waals surface area contributed by atoms with Crippen molar-refractivity contribution in [2.75, 3.05) is 13.7 Å². The van der Waals surface area contributed by atoms with Gasteiger partial charge in [-0.1, -0.05) is 12.1 Å². The van der Waals surface area contributed by atoms with Crippen LogP contribution in [-0.4, -0.2) is 13.7 Å². The van der Waals surface area contributed by atoms with Gasteiger partial charge >= 0.3 is 0 Å². The summed E-state index contributed by atoms with van der Waals surface area (Å²) in [6, 6.07) is 8.00. The largest absolute Gasteiger partial charge is 0.497 e. The lowest BCUT2D eigenvalue weighted by atomic mass is 10.2. The maximum Gasteiger partial charge on any atom is 0.119 e. The van der Waals surface area contributed by atoms with Crippen LogP contribution in [0.3, 0.4) is 0 Å². The van der Waals surface area contributed by atoms with E-state index in [0.717, 1.165) is 25.3 Å². The molecule has 0 spiro atoms. The molecule has 2 nitrogen and oxygen atoms in total. The number of hydrogen-bond donors (Lipinski definition) is 1. The van der Waals surface area contributed by atoms with E-state index in [1.807, 2.05) is 18.2 Å². The second kappa shape index (κ2) is 6.06. The van der Waals surface area contributed by atoms with Crippen LogP contribution in [0, 0.1) is 12.3 Å². The van der Waals surface area contributed by atoms with Crippen LogP contribution in [0.4, 0.5) is 0 Å². The summed E-state index contributed by atoms with van der Waals surface area (Å²) in [7, 11) is 1.67. The van der Waals surface area contributed by atoms with Crippen LogP contribution in [0.5, 0.6) is 5.75 Å². The van der Waals surface area contributed by atoms with Gasteiger partial charge in [0.05, 0.1) is 7.11 Å². The molecule has 1 aromatic rings. The predicted octanol–water partition coefficient (Wildman–Crippen LogP) is 1.81. The van der Waals surface area contributed by atoms with E-state index >= 15 is 0 Å². The smallest absolute Gasteiger partial charge is 0.119 e. The summed E-state index contributed by atoms with van der Waals surface area (Å²) < 4.78 is 5.12. The first-order valence-corrected chi connectivity index (χ1v) is 4.64. The standard InChI is InChI=1S/C12H15NO/c1-3-4-8-13-10-11-6-5-7-12(9-11)14-2/h1,5-7,9,13H,4,8,10H2,2H3. The second-order valence-electron chi connectivity index (χ2n) is 2.98. The fraction of sp³-hybridized carbons (Fsp3) is 0.333. The summed E-state index contributed by atoms with van der Waals surface area (Å²) in [5, 5.41) is 3.26. The highest BCUT2D eigenvalue weighted by atomic mass is 16.5. The summed E-state index contributed by atoms with van der Waals surface area (Å²) in [5.74, 6) is 3.48. The fourth-order valence-corrected chi connectivity index (χ4v) is 1.18. The number of nitrogens with one attached hydrogen (secondary N) is 1. The van der Waals surface area contributed by atoms with Gasteiger partial charge in [0.1, 0.15) is 5.75 Å². The molecule has 0 radical (unpaired) electrons. The van der Waals surface area contributed by atoms with Gasteiger partial charge in [0.25, 0.3) is 0 Å². The molecule has 1 rings (SSSR count). The lowest BCUT2D eigenvalue weighted by molar-refractivity contribution is 0.414. The van der Waals surface area contributed by atoms with E-state index in [1.165, 1.54) is 5.56 Å². The minimum atomic E-state index is 0.768. The summed E-state index contributed by atoms with van der Waals surface area (Å²) >= 11 is 0. The monoisotopic (exact) mass is 189 g/mol. The van der Waals surface area contributed by atoms with Crippen LogP contribution >= 0.6 is 0 Å². The molecule has 74 valence electrons. The van der Waals surface area contributed by atoms with Crippen LogP contribution in [0.25, 0.3) is 0 Å². The predicted molar refractivity (Wildman–Crippen MR) is 58.2 cm³/mol. The lowest BCUT2D eigenvalue weighted by Crippen LogP contribution is -2.13. The van der Waals surface area contributed by atoms with Crippen molar-refractivity contribution in [2.24, 2.45) is 0 Å². The third-order valence-electron chi connectivity index (χ3n) is 1.91. The zero-order valence-electron chi connectivity index (χ0n) is 8.42. The topological polar surface area (TPSA) is 21.3 Å². The number of rotatable bonds is 5. The Morgan fingerprint density at radius 2 is 2.36 bits per heavy atom. The molecule has 0 heterocycles. The molecule has 1 N–H and O–H groups in total. The quantitative estimate of drug-likeness (QED) is 0.563. The van der Waals surface area contributed by atoms with Crippen molar-refractivity contribution in [3.05, 3.63) is 29.8 Å². The van der Waals surface area contributed by atoms with E-state index in [9.17, 15) is 0 Å². The Kier molecular flexibility index (Phi) is 4.60. The van der Waals surface area contributed by atoms with E-state index < -0.39 is 0 Å². The highest BCUT2D eigenvalue weighted by Crippen LogP contribution is 2.11. The van der Waals surface area contributed by atoms with Crippen LogP contribution < -0.4 is 10.1 Å². The molecule has 0 bridgehead atoms. The van der Waals surface area contributed by atoms with Crippen molar-refractivity contribution >= 4 is 0 Å². The van der Waals surface area contributed by atoms with Crippen molar-refractivity contribution < 1.29 is 4.74 Å². The van der Waals surface area contributed by atoms with Gasteiger partial charge in [-0.05, 0) is 17.7 Å². The van der Waals surface area contributed by atoms with Gasteiger partial charge in [-0.25, -0.2) is 0 Å². The van der Waals surface area contributed by atoms with Crippen LogP contribution in [-0.2, 0) is 6.54 Å². The highest BCUT2D eigenvalue weighted by Gasteiger charge is 1.94. The molecule has 0 aromatic heterocycles. The molecule has 0 unspecified atom stereocenters. The molecule has 14 heavy (non-hydrogen) atoms. The van der Waals surface area contributed by atoms with E-state index in [0.29, 0.717) is 0 Å². The van der Waals surface area contributed by atoms with Gasteiger partial charge in [-0.3, -0.25) is 0 Å². The Morgan fingerprint density at radius 1 is 1.50 bits per heavy atom. The molecule has 0 aliphatic carbocycles. The molecule has 0 saturated carbocycles. The Hall–Kier alpha value is -1.46.